The number of hydrogen-bond acceptors (Lipinski definition) is 5. The van der Waals surface area contributed by atoms with Gasteiger partial charge in [0.15, 0.2) is 0 Å². The number of carbonyl (C=O) groups excluding carboxylic acids is 1. The second-order valence-corrected chi connectivity index (χ2v) is 5.84. The number of carbonyl (C=O) groups is 1. The van der Waals surface area contributed by atoms with Crippen LogP contribution in [0.5, 0.6) is 0 Å². The zero-order chi connectivity index (χ0) is 18.2. The summed E-state index contributed by atoms with van der Waals surface area (Å²) in [6.45, 7) is 7.83. The van der Waals surface area contributed by atoms with Crippen molar-refractivity contribution in [3.05, 3.63) is 47.4 Å². The van der Waals surface area contributed by atoms with Crippen LogP contribution in [0.1, 0.15) is 35.2 Å². The number of aryl methyl sites for hydroxylation is 2. The quantitative estimate of drug-likeness (QED) is 0.747. The van der Waals surface area contributed by atoms with E-state index < -0.39 is 0 Å². The average Bonchev–Trinajstić information content (AvgIpc) is 2.59. The summed E-state index contributed by atoms with van der Waals surface area (Å²) in [6, 6.07) is 9.96. The first-order valence-electron chi connectivity index (χ1n) is 8.52. The van der Waals surface area contributed by atoms with Gasteiger partial charge in [-0.25, -0.2) is 9.97 Å². The molecule has 0 radical (unpaired) electrons. The smallest absolute Gasteiger partial charge is 0.270 e. The maximum Gasteiger partial charge on any atom is 0.270 e. The molecule has 1 N–H and O–H groups in total. The monoisotopic (exact) mass is 342 g/mol. The van der Waals surface area contributed by atoms with Crippen molar-refractivity contribution < 1.29 is 9.53 Å². The Balaban J connectivity index is 2.23. The maximum atomic E-state index is 12.4. The van der Waals surface area contributed by atoms with Crippen molar-refractivity contribution in [1.82, 2.24) is 15.3 Å². The minimum atomic E-state index is -0.192. The van der Waals surface area contributed by atoms with Crippen molar-refractivity contribution in [3.63, 3.8) is 0 Å². The zero-order valence-corrected chi connectivity index (χ0v) is 15.4. The molecule has 0 aliphatic heterocycles. The Morgan fingerprint density at radius 2 is 2.04 bits per heavy atom. The van der Waals surface area contributed by atoms with Crippen LogP contribution in [0.25, 0.3) is 0 Å². The molecule has 2 aromatic rings. The van der Waals surface area contributed by atoms with E-state index in [1.807, 2.05) is 12.1 Å². The number of amides is 1. The zero-order valence-electron chi connectivity index (χ0n) is 15.4. The van der Waals surface area contributed by atoms with Gasteiger partial charge in [-0.05, 0) is 44.9 Å². The molecule has 0 aliphatic carbocycles. The predicted octanol–water partition coefficient (Wildman–Crippen LogP) is 3.02. The summed E-state index contributed by atoms with van der Waals surface area (Å²) in [7, 11) is 1.65. The lowest BCUT2D eigenvalue weighted by molar-refractivity contribution is 0.0943. The van der Waals surface area contributed by atoms with Gasteiger partial charge in [-0.15, -0.1) is 0 Å². The molecule has 1 heterocycles. The van der Waals surface area contributed by atoms with E-state index in [1.165, 1.54) is 5.56 Å². The molecule has 0 saturated carbocycles. The Morgan fingerprint density at radius 3 is 2.72 bits per heavy atom. The molecule has 1 amide bonds. The highest BCUT2D eigenvalue weighted by Crippen LogP contribution is 2.24. The van der Waals surface area contributed by atoms with Gasteiger partial charge in [-0.1, -0.05) is 12.1 Å². The summed E-state index contributed by atoms with van der Waals surface area (Å²) in [4.78, 5) is 23.2. The van der Waals surface area contributed by atoms with E-state index >= 15 is 0 Å². The van der Waals surface area contributed by atoms with Gasteiger partial charge in [-0.2, -0.15) is 0 Å². The predicted molar refractivity (Wildman–Crippen MR) is 99.5 cm³/mol. The van der Waals surface area contributed by atoms with Gasteiger partial charge in [0.1, 0.15) is 17.3 Å². The molecule has 0 bridgehead atoms. The molecule has 0 unspecified atom stereocenters. The molecular weight excluding hydrogens is 316 g/mol. The van der Waals surface area contributed by atoms with Crippen LogP contribution in [0.3, 0.4) is 0 Å². The molecule has 6 nitrogen and oxygen atoms in total. The molecule has 1 aromatic heterocycles. The third-order valence-corrected chi connectivity index (χ3v) is 3.77. The first kappa shape index (κ1) is 18.9. The first-order valence-corrected chi connectivity index (χ1v) is 8.52. The number of nitrogens with zero attached hydrogens (tertiary/aromatic N) is 3. The van der Waals surface area contributed by atoms with E-state index in [0.717, 1.165) is 24.5 Å². The molecule has 134 valence electrons. The third-order valence-electron chi connectivity index (χ3n) is 3.77. The summed E-state index contributed by atoms with van der Waals surface area (Å²) in [5.41, 5.74) is 2.61. The highest BCUT2D eigenvalue weighted by atomic mass is 16.5. The molecule has 25 heavy (non-hydrogen) atoms. The topological polar surface area (TPSA) is 67.4 Å². The Morgan fingerprint density at radius 1 is 1.24 bits per heavy atom. The maximum absolute atomic E-state index is 12.4. The van der Waals surface area contributed by atoms with Gasteiger partial charge in [0.25, 0.3) is 5.91 Å². The molecule has 0 atom stereocenters. The summed E-state index contributed by atoms with van der Waals surface area (Å²) in [5.74, 6) is 1.11. The second-order valence-electron chi connectivity index (χ2n) is 5.84. The molecule has 1 aromatic carbocycles. The first-order chi connectivity index (χ1) is 12.0. The fraction of sp³-hybridized carbons (Fsp3) is 0.421. The van der Waals surface area contributed by atoms with E-state index in [1.54, 1.807) is 20.1 Å². The van der Waals surface area contributed by atoms with E-state index in [4.69, 9.17) is 4.74 Å². The summed E-state index contributed by atoms with van der Waals surface area (Å²) >= 11 is 0. The Bertz CT molecular complexity index is 718. The van der Waals surface area contributed by atoms with Crippen LogP contribution < -0.4 is 10.2 Å². The van der Waals surface area contributed by atoms with Gasteiger partial charge in [0.05, 0.1) is 0 Å². The number of benzene rings is 1. The molecule has 0 aliphatic rings. The number of aromatic nitrogens is 2. The van der Waals surface area contributed by atoms with Crippen molar-refractivity contribution in [2.75, 3.05) is 31.7 Å². The van der Waals surface area contributed by atoms with Gasteiger partial charge in [0, 0.05) is 38.6 Å². The lowest BCUT2D eigenvalue weighted by Gasteiger charge is -2.23. The molecule has 2 rings (SSSR count). The molecule has 6 heteroatoms. The number of ether oxygens (including phenoxy) is 1. The van der Waals surface area contributed by atoms with Gasteiger partial charge >= 0.3 is 0 Å². The highest BCUT2D eigenvalue weighted by Gasteiger charge is 2.15. The van der Waals surface area contributed by atoms with Crippen molar-refractivity contribution in [3.8, 4) is 0 Å². The van der Waals surface area contributed by atoms with E-state index in [0.29, 0.717) is 24.7 Å². The van der Waals surface area contributed by atoms with Crippen LogP contribution in [-0.4, -0.2) is 42.7 Å². The van der Waals surface area contributed by atoms with Crippen molar-refractivity contribution in [2.24, 2.45) is 0 Å². The average molecular weight is 342 g/mol. The number of nitrogens with one attached hydrogen (secondary N) is 1. The number of rotatable bonds is 8. The fourth-order valence-electron chi connectivity index (χ4n) is 2.59. The number of hydrogen-bond donors (Lipinski definition) is 1. The second kappa shape index (κ2) is 9.13. The van der Waals surface area contributed by atoms with Crippen molar-refractivity contribution in [1.29, 1.82) is 0 Å². The summed E-state index contributed by atoms with van der Waals surface area (Å²) < 4.78 is 4.99. The fourth-order valence-corrected chi connectivity index (χ4v) is 2.59. The van der Waals surface area contributed by atoms with Crippen LogP contribution in [-0.2, 0) is 4.74 Å². The van der Waals surface area contributed by atoms with Gasteiger partial charge in [-0.3, -0.25) is 4.79 Å². The Labute approximate surface area is 149 Å². The van der Waals surface area contributed by atoms with Crippen LogP contribution in [0.4, 0.5) is 11.5 Å². The molecular formula is C19H26N4O2. The normalized spacial score (nSPS) is 10.6. The van der Waals surface area contributed by atoms with Crippen molar-refractivity contribution >= 4 is 17.4 Å². The van der Waals surface area contributed by atoms with Gasteiger partial charge < -0.3 is 15.0 Å². The van der Waals surface area contributed by atoms with Gasteiger partial charge in [0.2, 0.25) is 0 Å². The third kappa shape index (κ3) is 5.26. The largest absolute Gasteiger partial charge is 0.385 e. The lowest BCUT2D eigenvalue weighted by atomic mass is 10.2. The summed E-state index contributed by atoms with van der Waals surface area (Å²) in [5, 5.41) is 2.87. The minimum Gasteiger partial charge on any atom is -0.385 e. The van der Waals surface area contributed by atoms with E-state index in [-0.39, 0.29) is 5.91 Å². The molecule has 0 spiro atoms. The van der Waals surface area contributed by atoms with E-state index in [2.05, 4.69) is 46.2 Å². The summed E-state index contributed by atoms with van der Waals surface area (Å²) in [6.07, 6.45) is 0.767. The standard InChI is InChI=1S/C19H26N4O2/c1-5-23(16-9-6-8-14(2)12-16)18-13-17(21-15(3)22-18)19(24)20-10-7-11-25-4/h6,8-9,12-13H,5,7,10-11H2,1-4H3,(H,20,24). The lowest BCUT2D eigenvalue weighted by Crippen LogP contribution is -2.27. The molecule has 0 saturated heterocycles. The van der Waals surface area contributed by atoms with Crippen molar-refractivity contribution in [2.45, 2.75) is 27.2 Å². The van der Waals surface area contributed by atoms with Crippen LogP contribution >= 0.6 is 0 Å². The van der Waals surface area contributed by atoms with Crippen LogP contribution in [0.2, 0.25) is 0 Å². The van der Waals surface area contributed by atoms with Crippen LogP contribution in [0.15, 0.2) is 30.3 Å². The minimum absolute atomic E-state index is 0.192. The highest BCUT2D eigenvalue weighted by molar-refractivity contribution is 5.93. The number of anilines is 2. The van der Waals surface area contributed by atoms with E-state index in [9.17, 15) is 4.79 Å². The Hall–Kier alpha value is -2.47. The Kier molecular flexibility index (Phi) is 6.89. The SMILES string of the molecule is CCN(c1cccc(C)c1)c1cc(C(=O)NCCCOC)nc(C)n1. The number of methoxy groups -OCH3 is 1. The molecule has 0 fully saturated rings. The van der Waals surface area contributed by atoms with Crippen LogP contribution in [0, 0.1) is 13.8 Å².